The van der Waals surface area contributed by atoms with Crippen LogP contribution in [0.25, 0.3) is 122 Å². The fourth-order valence-corrected chi connectivity index (χ4v) is 8.09. The van der Waals surface area contributed by atoms with Crippen LogP contribution in [-0.2, 0) is 0 Å². The summed E-state index contributed by atoms with van der Waals surface area (Å²) >= 11 is 0. The summed E-state index contributed by atoms with van der Waals surface area (Å²) in [6, 6.07) is 56.9. The monoisotopic (exact) mass is 732 g/mol. The Hall–Kier alpha value is -7.90. The molecule has 57 heavy (non-hydrogen) atoms. The van der Waals surface area contributed by atoms with Crippen molar-refractivity contribution in [2.24, 2.45) is 0 Å². The van der Waals surface area contributed by atoms with Gasteiger partial charge >= 0.3 is 0 Å². The maximum atomic E-state index is 6.54. The molecular weight excluding hydrogens is 705 g/mol. The molecule has 5 aromatic heterocycles. The maximum Gasteiger partial charge on any atom is 0.167 e. The van der Waals surface area contributed by atoms with Crippen molar-refractivity contribution in [1.29, 1.82) is 0 Å². The Morgan fingerprint density at radius 2 is 0.912 bits per heavy atom. The summed E-state index contributed by atoms with van der Waals surface area (Å²) in [5.74, 6) is 1.61. The van der Waals surface area contributed by atoms with Crippen molar-refractivity contribution < 1.29 is 13.3 Å². The highest BCUT2D eigenvalue weighted by Gasteiger charge is 2.22. The van der Waals surface area contributed by atoms with E-state index in [0.29, 0.717) is 17.5 Å². The molecule has 0 fully saturated rings. The van der Waals surface area contributed by atoms with Crippen LogP contribution in [0, 0.1) is 0 Å². The number of rotatable bonds is 5. The number of para-hydroxylation sites is 3. The van der Waals surface area contributed by atoms with Gasteiger partial charge in [0.05, 0.1) is 11.3 Å². The van der Waals surface area contributed by atoms with Gasteiger partial charge in [-0.2, -0.15) is 0 Å². The maximum absolute atomic E-state index is 6.54. The SMILES string of the molecule is c1ccc(-c2cc(-c3ccc4oc5cccc(-c6nc(-c7ccccc7)nc(-c7cccc8c7oc7ccccc78)n6)c5c4c3)c3oc4ccccc4c3n2)cc1. The van der Waals surface area contributed by atoms with Crippen LogP contribution in [-0.4, -0.2) is 19.9 Å². The normalized spacial score (nSPS) is 11.9. The molecule has 266 valence electrons. The number of furan rings is 3. The van der Waals surface area contributed by atoms with Gasteiger partial charge in [-0.1, -0.05) is 121 Å². The average Bonchev–Trinajstić information content (AvgIpc) is 3.98. The number of nitrogens with zero attached hydrogens (tertiary/aromatic N) is 4. The zero-order valence-corrected chi connectivity index (χ0v) is 30.2. The van der Waals surface area contributed by atoms with Crippen molar-refractivity contribution in [3.63, 3.8) is 0 Å². The second-order valence-electron chi connectivity index (χ2n) is 14.1. The molecule has 7 aromatic carbocycles. The van der Waals surface area contributed by atoms with Crippen molar-refractivity contribution in [3.05, 3.63) is 170 Å². The van der Waals surface area contributed by atoms with Gasteiger partial charge in [0.25, 0.3) is 0 Å². The number of hydrogen-bond donors (Lipinski definition) is 0. The minimum atomic E-state index is 0.520. The van der Waals surface area contributed by atoms with Gasteiger partial charge in [0.1, 0.15) is 33.4 Å². The van der Waals surface area contributed by atoms with Crippen LogP contribution in [0.2, 0.25) is 0 Å². The fourth-order valence-electron chi connectivity index (χ4n) is 8.09. The standard InChI is InChI=1S/C50H28N4O3/c1-3-13-29(14-4-1)39-28-37(47-45(51-39)34-18-8-10-23-41(34)57-47)31-25-26-42-38(27-31)44-35(20-12-24-43(44)55-42)49-52-48(30-15-5-2-6-16-30)53-50(54-49)36-21-11-19-33-32-17-7-9-22-40(32)56-46(33)36/h1-28H. The van der Waals surface area contributed by atoms with E-state index >= 15 is 0 Å². The molecule has 0 saturated heterocycles. The Morgan fingerprint density at radius 3 is 1.74 bits per heavy atom. The molecule has 0 atom stereocenters. The van der Waals surface area contributed by atoms with Crippen LogP contribution in [0.5, 0.6) is 0 Å². The summed E-state index contributed by atoms with van der Waals surface area (Å²) in [5.41, 5.74) is 11.7. The third-order valence-corrected chi connectivity index (χ3v) is 10.8. The molecule has 0 radical (unpaired) electrons. The van der Waals surface area contributed by atoms with Crippen LogP contribution in [0.15, 0.2) is 183 Å². The van der Waals surface area contributed by atoms with Crippen LogP contribution in [0.4, 0.5) is 0 Å². The second kappa shape index (κ2) is 12.3. The molecule has 0 aliphatic heterocycles. The lowest BCUT2D eigenvalue weighted by molar-refractivity contribution is 0.668. The first-order chi connectivity index (χ1) is 28.2. The Morgan fingerprint density at radius 1 is 0.316 bits per heavy atom. The summed E-state index contributed by atoms with van der Waals surface area (Å²) in [7, 11) is 0. The first kappa shape index (κ1) is 31.5. The summed E-state index contributed by atoms with van der Waals surface area (Å²) in [6.45, 7) is 0. The molecule has 5 heterocycles. The lowest BCUT2D eigenvalue weighted by atomic mass is 9.98. The van der Waals surface area contributed by atoms with E-state index in [2.05, 4.69) is 54.6 Å². The molecule has 7 heteroatoms. The van der Waals surface area contributed by atoms with E-state index in [1.54, 1.807) is 0 Å². The van der Waals surface area contributed by atoms with Crippen LogP contribution < -0.4 is 0 Å². The lowest BCUT2D eigenvalue weighted by Crippen LogP contribution is -2.00. The van der Waals surface area contributed by atoms with E-state index in [9.17, 15) is 0 Å². The quantitative estimate of drug-likeness (QED) is 0.174. The summed E-state index contributed by atoms with van der Waals surface area (Å²) in [6.07, 6.45) is 0. The average molecular weight is 733 g/mol. The van der Waals surface area contributed by atoms with Gasteiger partial charge in [-0.25, -0.2) is 19.9 Å². The first-order valence-corrected chi connectivity index (χ1v) is 18.8. The molecule has 0 N–H and O–H groups in total. The number of aromatic nitrogens is 4. The highest BCUT2D eigenvalue weighted by Crippen LogP contribution is 2.42. The molecule has 0 unspecified atom stereocenters. The Labute approximate surface area is 324 Å². The highest BCUT2D eigenvalue weighted by atomic mass is 16.3. The first-order valence-electron chi connectivity index (χ1n) is 18.8. The molecular formula is C50H28N4O3. The van der Waals surface area contributed by atoms with Gasteiger partial charge in [0.2, 0.25) is 0 Å². The van der Waals surface area contributed by atoms with Gasteiger partial charge in [0, 0.05) is 49.2 Å². The Bertz CT molecular complexity index is 3530. The van der Waals surface area contributed by atoms with Crippen LogP contribution in [0.1, 0.15) is 0 Å². The van der Waals surface area contributed by atoms with Gasteiger partial charge in [0.15, 0.2) is 23.1 Å². The second-order valence-corrected chi connectivity index (χ2v) is 14.1. The zero-order chi connectivity index (χ0) is 37.5. The predicted octanol–water partition coefficient (Wildman–Crippen LogP) is 13.3. The van der Waals surface area contributed by atoms with E-state index in [1.165, 1.54) is 0 Å². The smallest absolute Gasteiger partial charge is 0.167 e. The molecule has 12 aromatic rings. The van der Waals surface area contributed by atoms with E-state index in [1.807, 2.05) is 115 Å². The van der Waals surface area contributed by atoms with Crippen LogP contribution >= 0.6 is 0 Å². The molecule has 0 aliphatic rings. The van der Waals surface area contributed by atoms with Crippen molar-refractivity contribution >= 4 is 65.9 Å². The van der Waals surface area contributed by atoms with Gasteiger partial charge in [-0.05, 0) is 54.1 Å². The number of hydrogen-bond acceptors (Lipinski definition) is 7. The van der Waals surface area contributed by atoms with E-state index in [4.69, 9.17) is 33.2 Å². The molecule has 0 spiro atoms. The third kappa shape index (κ3) is 4.99. The number of fused-ring (bicyclic) bond motifs is 9. The zero-order valence-electron chi connectivity index (χ0n) is 30.2. The molecule has 7 nitrogen and oxygen atoms in total. The third-order valence-electron chi connectivity index (χ3n) is 10.8. The van der Waals surface area contributed by atoms with Crippen molar-refractivity contribution in [2.75, 3.05) is 0 Å². The van der Waals surface area contributed by atoms with Crippen molar-refractivity contribution in [2.45, 2.75) is 0 Å². The molecule has 0 amide bonds. The molecule has 0 bridgehead atoms. The summed E-state index contributed by atoms with van der Waals surface area (Å²) < 4.78 is 19.5. The molecule has 0 aliphatic carbocycles. The van der Waals surface area contributed by atoms with Gasteiger partial charge < -0.3 is 13.3 Å². The topological polar surface area (TPSA) is 91.0 Å². The Balaban J connectivity index is 1.10. The van der Waals surface area contributed by atoms with Gasteiger partial charge in [-0.15, -0.1) is 0 Å². The van der Waals surface area contributed by atoms with Crippen LogP contribution in [0.3, 0.4) is 0 Å². The van der Waals surface area contributed by atoms with E-state index in [0.717, 1.165) is 105 Å². The van der Waals surface area contributed by atoms with E-state index < -0.39 is 0 Å². The van der Waals surface area contributed by atoms with E-state index in [-0.39, 0.29) is 0 Å². The predicted molar refractivity (Wildman–Crippen MR) is 227 cm³/mol. The minimum Gasteiger partial charge on any atom is -0.456 e. The molecule has 0 saturated carbocycles. The minimum absolute atomic E-state index is 0.520. The number of benzene rings is 7. The highest BCUT2D eigenvalue weighted by molar-refractivity contribution is 6.15. The summed E-state index contributed by atoms with van der Waals surface area (Å²) in [5, 5.41) is 4.87. The molecule has 12 rings (SSSR count). The largest absolute Gasteiger partial charge is 0.456 e. The lowest BCUT2D eigenvalue weighted by Gasteiger charge is -2.10. The van der Waals surface area contributed by atoms with Crippen molar-refractivity contribution in [3.8, 4) is 56.5 Å². The fraction of sp³-hybridized carbons (Fsp3) is 0. The number of pyridine rings is 1. The van der Waals surface area contributed by atoms with Gasteiger partial charge in [-0.3, -0.25) is 0 Å². The summed E-state index contributed by atoms with van der Waals surface area (Å²) in [4.78, 5) is 20.5. The van der Waals surface area contributed by atoms with Crippen molar-refractivity contribution in [1.82, 2.24) is 19.9 Å². The Kier molecular flexibility index (Phi) is 6.79.